The summed E-state index contributed by atoms with van der Waals surface area (Å²) in [6.07, 6.45) is 0. The molecule has 0 unspecified atom stereocenters. The Morgan fingerprint density at radius 1 is 1.14 bits per heavy atom. The van der Waals surface area contributed by atoms with E-state index in [1.807, 2.05) is 84.8 Å². The third-order valence-corrected chi connectivity index (χ3v) is 5.45. The van der Waals surface area contributed by atoms with Gasteiger partial charge in [-0.2, -0.15) is 0 Å². The first kappa shape index (κ1) is 20.4. The van der Waals surface area contributed by atoms with Crippen LogP contribution in [0.4, 0.5) is 5.69 Å². The van der Waals surface area contributed by atoms with Crippen molar-refractivity contribution in [1.29, 1.82) is 0 Å². The van der Waals surface area contributed by atoms with Crippen molar-refractivity contribution in [3.05, 3.63) is 59.6 Å². The van der Waals surface area contributed by atoms with Crippen LogP contribution < -0.4 is 4.90 Å². The summed E-state index contributed by atoms with van der Waals surface area (Å²) >= 11 is 7.51. The molecule has 146 valence electrons. The molecule has 0 aliphatic carbocycles. The van der Waals surface area contributed by atoms with Gasteiger partial charge in [-0.3, -0.25) is 4.79 Å². The maximum atomic E-state index is 12.9. The SMILES string of the molecule is CCn1c(SCC(=O)N(c2ccccc2)C(C)C)nnc1-c1cccc(Cl)c1. The number of benzene rings is 2. The van der Waals surface area contributed by atoms with Gasteiger partial charge in [0, 0.05) is 28.9 Å². The summed E-state index contributed by atoms with van der Waals surface area (Å²) in [7, 11) is 0. The molecule has 0 bridgehead atoms. The number of aromatic nitrogens is 3. The number of nitrogens with zero attached hydrogens (tertiary/aromatic N) is 4. The van der Waals surface area contributed by atoms with Gasteiger partial charge in [-0.1, -0.05) is 53.7 Å². The molecule has 1 aromatic heterocycles. The summed E-state index contributed by atoms with van der Waals surface area (Å²) in [4.78, 5) is 14.7. The Morgan fingerprint density at radius 3 is 2.54 bits per heavy atom. The molecule has 7 heteroatoms. The lowest BCUT2D eigenvalue weighted by molar-refractivity contribution is -0.116. The zero-order valence-electron chi connectivity index (χ0n) is 16.2. The van der Waals surface area contributed by atoms with Gasteiger partial charge in [0.15, 0.2) is 11.0 Å². The number of amides is 1. The Bertz CT molecular complexity index is 943. The highest BCUT2D eigenvalue weighted by atomic mass is 35.5. The summed E-state index contributed by atoms with van der Waals surface area (Å²) in [6.45, 7) is 6.77. The predicted octanol–water partition coefficient (Wildman–Crippen LogP) is 5.15. The molecule has 0 aliphatic rings. The second kappa shape index (κ2) is 9.26. The number of carbonyl (C=O) groups is 1. The molecule has 1 amide bonds. The number of para-hydroxylation sites is 1. The number of hydrogen-bond acceptors (Lipinski definition) is 4. The summed E-state index contributed by atoms with van der Waals surface area (Å²) in [5.41, 5.74) is 1.81. The van der Waals surface area contributed by atoms with Gasteiger partial charge >= 0.3 is 0 Å². The van der Waals surface area contributed by atoms with Gasteiger partial charge in [0.25, 0.3) is 0 Å². The molecule has 0 aliphatic heterocycles. The van der Waals surface area contributed by atoms with Crippen molar-refractivity contribution in [3.8, 4) is 11.4 Å². The van der Waals surface area contributed by atoms with Crippen molar-refractivity contribution in [1.82, 2.24) is 14.8 Å². The Balaban J connectivity index is 1.78. The minimum Gasteiger partial charge on any atom is -0.309 e. The van der Waals surface area contributed by atoms with Crippen LogP contribution in [0.25, 0.3) is 11.4 Å². The fourth-order valence-corrected chi connectivity index (χ4v) is 4.09. The fourth-order valence-electron chi connectivity index (χ4n) is 3.04. The van der Waals surface area contributed by atoms with Crippen molar-refractivity contribution in [3.63, 3.8) is 0 Å². The molecular formula is C21H23ClN4OS. The molecule has 0 N–H and O–H groups in total. The maximum Gasteiger partial charge on any atom is 0.237 e. The van der Waals surface area contributed by atoms with Crippen LogP contribution in [-0.2, 0) is 11.3 Å². The van der Waals surface area contributed by atoms with Gasteiger partial charge in [0.05, 0.1) is 5.75 Å². The third-order valence-electron chi connectivity index (χ3n) is 4.26. The van der Waals surface area contributed by atoms with Gasteiger partial charge in [-0.15, -0.1) is 10.2 Å². The quantitative estimate of drug-likeness (QED) is 0.501. The molecule has 3 rings (SSSR count). The average Bonchev–Trinajstić information content (AvgIpc) is 3.10. The highest BCUT2D eigenvalue weighted by molar-refractivity contribution is 7.99. The first-order chi connectivity index (χ1) is 13.5. The van der Waals surface area contributed by atoms with Crippen LogP contribution in [0, 0.1) is 0 Å². The monoisotopic (exact) mass is 414 g/mol. The zero-order valence-corrected chi connectivity index (χ0v) is 17.7. The molecular weight excluding hydrogens is 392 g/mol. The Morgan fingerprint density at radius 2 is 1.89 bits per heavy atom. The number of carbonyl (C=O) groups excluding carboxylic acids is 1. The molecule has 0 saturated carbocycles. The van der Waals surface area contributed by atoms with Gasteiger partial charge in [-0.05, 0) is 45.0 Å². The van der Waals surface area contributed by atoms with E-state index < -0.39 is 0 Å². The van der Waals surface area contributed by atoms with Crippen molar-refractivity contribution in [2.75, 3.05) is 10.7 Å². The van der Waals surface area contributed by atoms with E-state index in [9.17, 15) is 4.79 Å². The topological polar surface area (TPSA) is 51.0 Å². The molecule has 2 aromatic carbocycles. The van der Waals surface area contributed by atoms with Crippen LogP contribution in [0.15, 0.2) is 59.8 Å². The van der Waals surface area contributed by atoms with E-state index in [2.05, 4.69) is 10.2 Å². The lowest BCUT2D eigenvalue weighted by Gasteiger charge is -2.26. The van der Waals surface area contributed by atoms with E-state index in [1.165, 1.54) is 11.8 Å². The van der Waals surface area contributed by atoms with Crippen LogP contribution in [-0.4, -0.2) is 32.5 Å². The lowest BCUT2D eigenvalue weighted by Crippen LogP contribution is -2.38. The van der Waals surface area contributed by atoms with Crippen LogP contribution in [0.2, 0.25) is 5.02 Å². The number of hydrogen-bond donors (Lipinski definition) is 0. The van der Waals surface area contributed by atoms with E-state index >= 15 is 0 Å². The van der Waals surface area contributed by atoms with Gasteiger partial charge in [-0.25, -0.2) is 0 Å². The van der Waals surface area contributed by atoms with E-state index in [0.717, 1.165) is 22.2 Å². The predicted molar refractivity (Wildman–Crippen MR) is 116 cm³/mol. The normalized spacial score (nSPS) is 11.0. The second-order valence-electron chi connectivity index (χ2n) is 6.54. The second-order valence-corrected chi connectivity index (χ2v) is 7.92. The number of thioether (sulfide) groups is 1. The zero-order chi connectivity index (χ0) is 20.1. The largest absolute Gasteiger partial charge is 0.309 e. The van der Waals surface area contributed by atoms with Crippen molar-refractivity contribution in [2.45, 2.75) is 38.5 Å². The van der Waals surface area contributed by atoms with E-state index in [1.54, 1.807) is 0 Å². The minimum absolute atomic E-state index is 0.0427. The van der Waals surface area contributed by atoms with Crippen molar-refractivity contribution < 1.29 is 4.79 Å². The summed E-state index contributed by atoms with van der Waals surface area (Å²) < 4.78 is 2.01. The Labute approximate surface area is 174 Å². The fraction of sp³-hybridized carbons (Fsp3) is 0.286. The van der Waals surface area contributed by atoms with E-state index in [-0.39, 0.29) is 11.9 Å². The molecule has 5 nitrogen and oxygen atoms in total. The maximum absolute atomic E-state index is 12.9. The molecule has 0 saturated heterocycles. The number of rotatable bonds is 7. The Hall–Kier alpha value is -2.31. The molecule has 0 radical (unpaired) electrons. The van der Waals surface area contributed by atoms with Gasteiger partial charge < -0.3 is 9.47 Å². The first-order valence-corrected chi connectivity index (χ1v) is 10.6. The average molecular weight is 415 g/mol. The summed E-state index contributed by atoms with van der Waals surface area (Å²) in [6, 6.07) is 17.3. The molecule has 28 heavy (non-hydrogen) atoms. The van der Waals surface area contributed by atoms with Gasteiger partial charge in [0.1, 0.15) is 0 Å². The van der Waals surface area contributed by atoms with E-state index in [4.69, 9.17) is 11.6 Å². The standard InChI is InChI=1S/C21H23ClN4OS/c1-4-25-20(16-9-8-10-17(22)13-16)23-24-21(25)28-14-19(27)26(15(2)3)18-11-6-5-7-12-18/h5-13,15H,4,14H2,1-3H3. The van der Waals surface area contributed by atoms with Crippen LogP contribution in [0.5, 0.6) is 0 Å². The third kappa shape index (κ3) is 4.56. The summed E-state index contributed by atoms with van der Waals surface area (Å²) in [5.74, 6) is 1.09. The minimum atomic E-state index is 0.0427. The smallest absolute Gasteiger partial charge is 0.237 e. The molecule has 3 aromatic rings. The molecule has 0 fully saturated rings. The first-order valence-electron chi connectivity index (χ1n) is 9.20. The molecule has 0 atom stereocenters. The molecule has 0 spiro atoms. The van der Waals surface area contributed by atoms with E-state index in [0.29, 0.717) is 17.3 Å². The van der Waals surface area contributed by atoms with Crippen LogP contribution in [0.1, 0.15) is 20.8 Å². The highest BCUT2D eigenvalue weighted by Gasteiger charge is 2.21. The molecule has 1 heterocycles. The Kier molecular flexibility index (Phi) is 6.75. The van der Waals surface area contributed by atoms with Crippen molar-refractivity contribution in [2.24, 2.45) is 0 Å². The van der Waals surface area contributed by atoms with Crippen LogP contribution in [0.3, 0.4) is 0 Å². The summed E-state index contributed by atoms with van der Waals surface area (Å²) in [5, 5.41) is 10.0. The lowest BCUT2D eigenvalue weighted by atomic mass is 10.2. The van der Waals surface area contributed by atoms with Crippen LogP contribution >= 0.6 is 23.4 Å². The number of anilines is 1. The van der Waals surface area contributed by atoms with Gasteiger partial charge in [0.2, 0.25) is 5.91 Å². The van der Waals surface area contributed by atoms with Crippen molar-refractivity contribution >= 4 is 35.0 Å². The number of halogens is 1. The highest BCUT2D eigenvalue weighted by Crippen LogP contribution is 2.27.